The summed E-state index contributed by atoms with van der Waals surface area (Å²) < 4.78 is 4.96. The van der Waals surface area contributed by atoms with Gasteiger partial charge in [-0.05, 0) is 11.6 Å². The summed E-state index contributed by atoms with van der Waals surface area (Å²) in [7, 11) is 1.60. The van der Waals surface area contributed by atoms with Crippen LogP contribution in [0.15, 0.2) is 12.3 Å². The van der Waals surface area contributed by atoms with Crippen molar-refractivity contribution >= 4 is 5.97 Å². The van der Waals surface area contributed by atoms with E-state index >= 15 is 0 Å². The van der Waals surface area contributed by atoms with Crippen LogP contribution in [-0.4, -0.2) is 29.8 Å². The molecule has 0 saturated heterocycles. The van der Waals surface area contributed by atoms with Gasteiger partial charge in [-0.3, -0.25) is 0 Å². The fourth-order valence-corrected chi connectivity index (χ4v) is 1.32. The molecule has 1 aromatic heterocycles. The van der Waals surface area contributed by atoms with E-state index in [1.54, 1.807) is 19.4 Å². The summed E-state index contributed by atoms with van der Waals surface area (Å²) in [4.78, 5) is 13.4. The van der Waals surface area contributed by atoms with Gasteiger partial charge in [0.15, 0.2) is 0 Å². The molecule has 1 rings (SSSR count). The Morgan fingerprint density at radius 1 is 1.77 bits per heavy atom. The molecule has 2 N–H and O–H groups in total. The minimum Gasteiger partial charge on any atom is -0.477 e. The van der Waals surface area contributed by atoms with Crippen LogP contribution in [0.4, 0.5) is 0 Å². The second kappa shape index (κ2) is 4.09. The molecule has 0 radical (unpaired) electrons. The average Bonchev–Trinajstić information content (AvgIpc) is 2.52. The Balaban J connectivity index is 2.86. The lowest BCUT2D eigenvalue weighted by Gasteiger charge is -2.08. The number of nitrogens with one attached hydrogen (secondary N) is 1. The van der Waals surface area contributed by atoms with Crippen LogP contribution >= 0.6 is 0 Å². The molecule has 0 bridgehead atoms. The van der Waals surface area contributed by atoms with E-state index in [2.05, 4.69) is 4.98 Å². The molecule has 13 heavy (non-hydrogen) atoms. The third-order valence-electron chi connectivity index (χ3n) is 1.94. The highest BCUT2D eigenvalue weighted by Gasteiger charge is 2.15. The van der Waals surface area contributed by atoms with Crippen LogP contribution in [0.2, 0.25) is 0 Å². The molecule has 0 spiro atoms. The highest BCUT2D eigenvalue weighted by Crippen LogP contribution is 2.18. The van der Waals surface area contributed by atoms with Crippen LogP contribution in [0.25, 0.3) is 0 Å². The lowest BCUT2D eigenvalue weighted by Crippen LogP contribution is -2.07. The van der Waals surface area contributed by atoms with Crippen molar-refractivity contribution in [1.82, 2.24) is 4.98 Å². The summed E-state index contributed by atoms with van der Waals surface area (Å²) in [6.45, 7) is 2.46. The van der Waals surface area contributed by atoms with Crippen LogP contribution in [-0.2, 0) is 4.74 Å². The molecule has 1 unspecified atom stereocenters. The first-order valence-corrected chi connectivity index (χ1v) is 4.06. The minimum atomic E-state index is -0.928. The Labute approximate surface area is 76.5 Å². The molecule has 0 aliphatic carbocycles. The van der Waals surface area contributed by atoms with E-state index in [4.69, 9.17) is 9.84 Å². The lowest BCUT2D eigenvalue weighted by molar-refractivity contribution is 0.0688. The van der Waals surface area contributed by atoms with Gasteiger partial charge in [-0.1, -0.05) is 6.92 Å². The van der Waals surface area contributed by atoms with E-state index < -0.39 is 5.97 Å². The van der Waals surface area contributed by atoms with Gasteiger partial charge in [0.1, 0.15) is 5.69 Å². The maximum absolute atomic E-state index is 10.7. The number of carbonyl (C=O) groups is 1. The van der Waals surface area contributed by atoms with Crippen molar-refractivity contribution in [3.05, 3.63) is 23.5 Å². The Morgan fingerprint density at radius 2 is 2.46 bits per heavy atom. The highest BCUT2D eigenvalue weighted by atomic mass is 16.5. The smallest absolute Gasteiger partial charge is 0.352 e. The summed E-state index contributed by atoms with van der Waals surface area (Å²) in [5, 5.41) is 8.80. The second-order valence-electron chi connectivity index (χ2n) is 2.97. The van der Waals surface area contributed by atoms with Crippen molar-refractivity contribution in [2.45, 2.75) is 12.8 Å². The molecule has 0 amide bonds. The standard InChI is InChI=1S/C9H13NO3/c1-6(5-13-2)7-3-4-10-8(7)9(11)12/h3-4,6,10H,5H2,1-2H3,(H,11,12). The first kappa shape index (κ1) is 9.80. The third-order valence-corrected chi connectivity index (χ3v) is 1.94. The largest absolute Gasteiger partial charge is 0.477 e. The molecule has 1 aromatic rings. The predicted octanol–water partition coefficient (Wildman–Crippen LogP) is 1.46. The maximum Gasteiger partial charge on any atom is 0.352 e. The summed E-state index contributed by atoms with van der Waals surface area (Å²) >= 11 is 0. The van der Waals surface area contributed by atoms with Crippen molar-refractivity contribution in [1.29, 1.82) is 0 Å². The fraction of sp³-hybridized carbons (Fsp3) is 0.444. The van der Waals surface area contributed by atoms with Crippen molar-refractivity contribution in [2.75, 3.05) is 13.7 Å². The van der Waals surface area contributed by atoms with Crippen molar-refractivity contribution < 1.29 is 14.6 Å². The Kier molecular flexibility index (Phi) is 3.08. The molecular weight excluding hydrogens is 170 g/mol. The average molecular weight is 183 g/mol. The molecule has 1 atom stereocenters. The van der Waals surface area contributed by atoms with Gasteiger partial charge in [0.25, 0.3) is 0 Å². The van der Waals surface area contributed by atoms with Crippen molar-refractivity contribution in [3.8, 4) is 0 Å². The lowest BCUT2D eigenvalue weighted by atomic mass is 10.0. The van der Waals surface area contributed by atoms with Crippen LogP contribution < -0.4 is 0 Å². The number of hydrogen-bond donors (Lipinski definition) is 2. The van der Waals surface area contributed by atoms with Crippen molar-refractivity contribution in [2.24, 2.45) is 0 Å². The molecule has 0 aromatic carbocycles. The van der Waals surface area contributed by atoms with E-state index in [1.165, 1.54) is 0 Å². The van der Waals surface area contributed by atoms with Gasteiger partial charge in [-0.15, -0.1) is 0 Å². The number of methoxy groups -OCH3 is 1. The second-order valence-corrected chi connectivity index (χ2v) is 2.97. The maximum atomic E-state index is 10.7. The topological polar surface area (TPSA) is 62.3 Å². The number of aromatic amines is 1. The molecule has 72 valence electrons. The first-order chi connectivity index (χ1) is 6.16. The van der Waals surface area contributed by atoms with Gasteiger partial charge in [0.05, 0.1) is 6.61 Å². The van der Waals surface area contributed by atoms with Gasteiger partial charge in [0, 0.05) is 19.2 Å². The van der Waals surface area contributed by atoms with Crippen molar-refractivity contribution in [3.63, 3.8) is 0 Å². The molecule has 0 saturated carbocycles. The number of hydrogen-bond acceptors (Lipinski definition) is 2. The quantitative estimate of drug-likeness (QED) is 0.742. The van der Waals surface area contributed by atoms with E-state index in [0.717, 1.165) is 5.56 Å². The molecule has 1 heterocycles. The number of aromatic nitrogens is 1. The zero-order valence-corrected chi connectivity index (χ0v) is 7.70. The fourth-order valence-electron chi connectivity index (χ4n) is 1.32. The predicted molar refractivity (Wildman–Crippen MR) is 48.0 cm³/mol. The summed E-state index contributed by atoms with van der Waals surface area (Å²) in [5.74, 6) is -0.828. The van der Waals surface area contributed by atoms with Crippen LogP contribution in [0, 0.1) is 0 Å². The van der Waals surface area contributed by atoms with Gasteiger partial charge in [-0.2, -0.15) is 0 Å². The SMILES string of the molecule is COCC(C)c1cc[nH]c1C(=O)O. The highest BCUT2D eigenvalue weighted by molar-refractivity contribution is 5.87. The monoisotopic (exact) mass is 183 g/mol. The Hall–Kier alpha value is -1.29. The Morgan fingerprint density at radius 3 is 3.00 bits per heavy atom. The zero-order chi connectivity index (χ0) is 9.84. The third kappa shape index (κ3) is 2.09. The summed E-state index contributed by atoms with van der Waals surface area (Å²) in [5.41, 5.74) is 1.04. The number of aromatic carboxylic acids is 1. The molecule has 4 nitrogen and oxygen atoms in total. The van der Waals surface area contributed by atoms with E-state index in [0.29, 0.717) is 6.61 Å². The van der Waals surface area contributed by atoms with E-state index in [9.17, 15) is 4.79 Å². The minimum absolute atomic E-state index is 0.0994. The molecule has 4 heteroatoms. The van der Waals surface area contributed by atoms with Crippen LogP contribution in [0.1, 0.15) is 28.9 Å². The number of carboxylic acid groups (broad SMARTS) is 1. The zero-order valence-electron chi connectivity index (χ0n) is 7.70. The van der Waals surface area contributed by atoms with E-state index in [-0.39, 0.29) is 11.6 Å². The number of H-pyrrole nitrogens is 1. The van der Waals surface area contributed by atoms with Gasteiger partial charge in [0.2, 0.25) is 0 Å². The number of carboxylic acids is 1. The first-order valence-electron chi connectivity index (χ1n) is 4.06. The van der Waals surface area contributed by atoms with Gasteiger partial charge in [-0.25, -0.2) is 4.79 Å². The van der Waals surface area contributed by atoms with E-state index in [1.807, 2.05) is 6.92 Å². The molecule has 0 aliphatic rings. The summed E-state index contributed by atoms with van der Waals surface area (Å²) in [6.07, 6.45) is 1.63. The molecular formula is C9H13NO3. The number of ether oxygens (including phenoxy) is 1. The molecule has 0 aliphatic heterocycles. The molecule has 0 fully saturated rings. The van der Waals surface area contributed by atoms with Gasteiger partial charge < -0.3 is 14.8 Å². The van der Waals surface area contributed by atoms with Crippen LogP contribution in [0.3, 0.4) is 0 Å². The summed E-state index contributed by atoms with van der Waals surface area (Å²) in [6, 6.07) is 1.77. The number of rotatable bonds is 4. The van der Waals surface area contributed by atoms with Crippen LogP contribution in [0.5, 0.6) is 0 Å². The van der Waals surface area contributed by atoms with Gasteiger partial charge >= 0.3 is 5.97 Å². The normalized spacial score (nSPS) is 12.8. The Bertz CT molecular complexity index is 293.